The summed E-state index contributed by atoms with van der Waals surface area (Å²) in [6.45, 7) is 14.0. The molecule has 15 heavy (non-hydrogen) atoms. The van der Waals surface area contributed by atoms with Crippen molar-refractivity contribution in [2.75, 3.05) is 39.4 Å². The van der Waals surface area contributed by atoms with Gasteiger partial charge in [-0.2, -0.15) is 0 Å². The smallest absolute Gasteiger partial charge is 0.0672 e. The van der Waals surface area contributed by atoms with Crippen molar-refractivity contribution in [1.29, 1.82) is 0 Å². The van der Waals surface area contributed by atoms with E-state index in [9.17, 15) is 0 Å². The molecule has 0 radical (unpaired) electrons. The van der Waals surface area contributed by atoms with E-state index < -0.39 is 0 Å². The normalized spacial score (nSPS) is 22.1. The highest BCUT2D eigenvalue weighted by Crippen LogP contribution is 2.08. The van der Waals surface area contributed by atoms with Crippen LogP contribution in [0.5, 0.6) is 0 Å². The minimum atomic E-state index is 0.691. The molecule has 1 atom stereocenters. The van der Waals surface area contributed by atoms with E-state index in [1.807, 2.05) is 6.92 Å². The highest BCUT2D eigenvalue weighted by atomic mass is 16.5. The van der Waals surface area contributed by atoms with Crippen LogP contribution < -0.4 is 5.32 Å². The molecule has 0 aromatic rings. The average Bonchev–Trinajstić information content (AvgIpc) is 2.61. The number of nitrogens with zero attached hydrogens (tertiary/aromatic N) is 1. The summed E-state index contributed by atoms with van der Waals surface area (Å²) in [4.78, 5) is 2.46. The first-order chi connectivity index (χ1) is 7.22. The number of hydrogen-bond acceptors (Lipinski definition) is 3. The van der Waals surface area contributed by atoms with E-state index >= 15 is 0 Å². The quantitative estimate of drug-likeness (QED) is 0.508. The third kappa shape index (κ3) is 5.30. The summed E-state index contributed by atoms with van der Waals surface area (Å²) >= 11 is 0. The van der Waals surface area contributed by atoms with Crippen molar-refractivity contribution in [3.8, 4) is 0 Å². The van der Waals surface area contributed by atoms with Crippen molar-refractivity contribution in [1.82, 2.24) is 10.2 Å². The number of hydrogen-bond donors (Lipinski definition) is 1. The van der Waals surface area contributed by atoms with E-state index in [2.05, 4.69) is 23.7 Å². The average molecular weight is 212 g/mol. The minimum Gasteiger partial charge on any atom is -0.376 e. The van der Waals surface area contributed by atoms with Crippen molar-refractivity contribution < 1.29 is 4.74 Å². The van der Waals surface area contributed by atoms with Crippen LogP contribution in [0.25, 0.3) is 0 Å². The van der Waals surface area contributed by atoms with Crippen LogP contribution >= 0.6 is 0 Å². The number of rotatable bonds is 7. The Balaban J connectivity index is 2.01. The molecule has 0 amide bonds. The second-order valence-electron chi connectivity index (χ2n) is 4.35. The van der Waals surface area contributed by atoms with E-state index in [1.54, 1.807) is 0 Å². The Morgan fingerprint density at radius 1 is 1.60 bits per heavy atom. The lowest BCUT2D eigenvalue weighted by Crippen LogP contribution is -2.33. The van der Waals surface area contributed by atoms with E-state index in [1.165, 1.54) is 19.5 Å². The molecular formula is C12H24N2O. The summed E-state index contributed by atoms with van der Waals surface area (Å²) in [6.07, 6.45) is 1.27. The minimum absolute atomic E-state index is 0.691. The van der Waals surface area contributed by atoms with Gasteiger partial charge in [-0.15, -0.1) is 0 Å². The van der Waals surface area contributed by atoms with E-state index in [0.29, 0.717) is 12.6 Å². The fourth-order valence-electron chi connectivity index (χ4n) is 1.93. The van der Waals surface area contributed by atoms with Crippen LogP contribution in [-0.2, 0) is 4.74 Å². The van der Waals surface area contributed by atoms with Crippen LogP contribution in [0.4, 0.5) is 0 Å². The van der Waals surface area contributed by atoms with Gasteiger partial charge in [0.2, 0.25) is 0 Å². The summed E-state index contributed by atoms with van der Waals surface area (Å²) in [7, 11) is 0. The van der Waals surface area contributed by atoms with Gasteiger partial charge in [0, 0.05) is 19.1 Å². The molecule has 88 valence electrons. The SMILES string of the molecule is C=C(C)COCCN1CCC(NCC)C1. The van der Waals surface area contributed by atoms with Crippen LogP contribution in [0, 0.1) is 0 Å². The predicted molar refractivity (Wildman–Crippen MR) is 64.2 cm³/mol. The third-order valence-electron chi connectivity index (χ3n) is 2.67. The summed E-state index contributed by atoms with van der Waals surface area (Å²) in [5.41, 5.74) is 1.10. The summed E-state index contributed by atoms with van der Waals surface area (Å²) in [5, 5.41) is 3.49. The Morgan fingerprint density at radius 2 is 2.40 bits per heavy atom. The Kier molecular flexibility index (Phi) is 5.91. The van der Waals surface area contributed by atoms with E-state index in [0.717, 1.165) is 25.3 Å². The Morgan fingerprint density at radius 3 is 3.07 bits per heavy atom. The first-order valence-corrected chi connectivity index (χ1v) is 5.90. The Bertz CT molecular complexity index is 194. The van der Waals surface area contributed by atoms with Gasteiger partial charge < -0.3 is 10.1 Å². The molecule has 3 heteroatoms. The molecule has 1 aliphatic heterocycles. The molecular weight excluding hydrogens is 188 g/mol. The molecule has 1 N–H and O–H groups in total. The van der Waals surface area contributed by atoms with Crippen molar-refractivity contribution in [3.05, 3.63) is 12.2 Å². The zero-order valence-electron chi connectivity index (χ0n) is 10.1. The number of likely N-dealkylation sites (tertiary alicyclic amines) is 1. The van der Waals surface area contributed by atoms with Crippen LogP contribution in [0.2, 0.25) is 0 Å². The lowest BCUT2D eigenvalue weighted by atomic mass is 10.3. The van der Waals surface area contributed by atoms with Gasteiger partial charge in [0.05, 0.1) is 13.2 Å². The molecule has 1 fully saturated rings. The van der Waals surface area contributed by atoms with Gasteiger partial charge in [0.1, 0.15) is 0 Å². The number of likely N-dealkylation sites (N-methyl/N-ethyl adjacent to an activating group) is 1. The summed E-state index contributed by atoms with van der Waals surface area (Å²) in [5.74, 6) is 0. The molecule has 0 saturated carbocycles. The molecule has 1 heterocycles. The van der Waals surface area contributed by atoms with E-state index in [4.69, 9.17) is 4.74 Å². The molecule has 1 rings (SSSR count). The molecule has 1 unspecified atom stereocenters. The highest BCUT2D eigenvalue weighted by Gasteiger charge is 2.20. The van der Waals surface area contributed by atoms with Crippen LogP contribution in [0.15, 0.2) is 12.2 Å². The second kappa shape index (κ2) is 6.99. The molecule has 0 aliphatic carbocycles. The molecule has 0 bridgehead atoms. The van der Waals surface area contributed by atoms with Gasteiger partial charge in [0.15, 0.2) is 0 Å². The van der Waals surface area contributed by atoms with Gasteiger partial charge in [-0.05, 0) is 26.4 Å². The zero-order chi connectivity index (χ0) is 11.1. The van der Waals surface area contributed by atoms with Gasteiger partial charge in [-0.1, -0.05) is 19.1 Å². The maximum Gasteiger partial charge on any atom is 0.0672 e. The van der Waals surface area contributed by atoms with Gasteiger partial charge in [-0.3, -0.25) is 4.90 Å². The lowest BCUT2D eigenvalue weighted by molar-refractivity contribution is 0.128. The fourth-order valence-corrected chi connectivity index (χ4v) is 1.93. The first kappa shape index (κ1) is 12.7. The van der Waals surface area contributed by atoms with Gasteiger partial charge in [-0.25, -0.2) is 0 Å². The molecule has 1 saturated heterocycles. The highest BCUT2D eigenvalue weighted by molar-refractivity contribution is 4.87. The monoisotopic (exact) mass is 212 g/mol. The van der Waals surface area contributed by atoms with E-state index in [-0.39, 0.29) is 0 Å². The molecule has 3 nitrogen and oxygen atoms in total. The zero-order valence-corrected chi connectivity index (χ0v) is 10.1. The van der Waals surface area contributed by atoms with Crippen LogP contribution in [0.3, 0.4) is 0 Å². The largest absolute Gasteiger partial charge is 0.376 e. The van der Waals surface area contributed by atoms with Crippen molar-refractivity contribution in [2.45, 2.75) is 26.3 Å². The van der Waals surface area contributed by atoms with Crippen molar-refractivity contribution in [2.24, 2.45) is 0 Å². The Labute approximate surface area is 93.5 Å². The van der Waals surface area contributed by atoms with Crippen molar-refractivity contribution >= 4 is 0 Å². The topological polar surface area (TPSA) is 24.5 Å². The lowest BCUT2D eigenvalue weighted by Gasteiger charge is -2.16. The first-order valence-electron chi connectivity index (χ1n) is 5.90. The fraction of sp³-hybridized carbons (Fsp3) is 0.833. The molecule has 1 aliphatic rings. The maximum atomic E-state index is 5.49. The molecule has 0 aromatic heterocycles. The second-order valence-corrected chi connectivity index (χ2v) is 4.35. The number of ether oxygens (including phenoxy) is 1. The predicted octanol–water partition coefficient (Wildman–Crippen LogP) is 1.26. The maximum absolute atomic E-state index is 5.49. The van der Waals surface area contributed by atoms with Crippen LogP contribution in [0.1, 0.15) is 20.3 Å². The summed E-state index contributed by atoms with van der Waals surface area (Å²) in [6, 6.07) is 0.691. The van der Waals surface area contributed by atoms with Gasteiger partial charge >= 0.3 is 0 Å². The third-order valence-corrected chi connectivity index (χ3v) is 2.67. The number of nitrogens with one attached hydrogen (secondary N) is 1. The van der Waals surface area contributed by atoms with Gasteiger partial charge in [0.25, 0.3) is 0 Å². The summed E-state index contributed by atoms with van der Waals surface area (Å²) < 4.78 is 5.49. The molecule has 0 aromatic carbocycles. The molecule has 0 spiro atoms. The Hall–Kier alpha value is -0.380. The van der Waals surface area contributed by atoms with Crippen LogP contribution in [-0.4, -0.2) is 50.3 Å². The van der Waals surface area contributed by atoms with Crippen molar-refractivity contribution in [3.63, 3.8) is 0 Å². The standard InChI is InChI=1S/C12H24N2O/c1-4-13-12-5-6-14(9-12)7-8-15-10-11(2)3/h12-13H,2,4-10H2,1,3H3.